The Balaban J connectivity index is 1.43. The van der Waals surface area contributed by atoms with E-state index in [0.717, 1.165) is 29.6 Å². The van der Waals surface area contributed by atoms with E-state index in [4.69, 9.17) is 0 Å². The van der Waals surface area contributed by atoms with E-state index in [2.05, 4.69) is 45.2 Å². The van der Waals surface area contributed by atoms with Crippen LogP contribution in [0.3, 0.4) is 0 Å². The van der Waals surface area contributed by atoms with E-state index in [0.29, 0.717) is 11.7 Å². The van der Waals surface area contributed by atoms with E-state index >= 15 is 0 Å². The van der Waals surface area contributed by atoms with Crippen LogP contribution in [0.15, 0.2) is 59.8 Å². The molecule has 0 atom stereocenters. The predicted molar refractivity (Wildman–Crippen MR) is 113 cm³/mol. The van der Waals surface area contributed by atoms with Gasteiger partial charge in [0.15, 0.2) is 5.16 Å². The maximum absolute atomic E-state index is 12.4. The molecule has 1 aliphatic carbocycles. The summed E-state index contributed by atoms with van der Waals surface area (Å²) in [6.07, 6.45) is 3.29. The third-order valence-electron chi connectivity index (χ3n) is 4.82. The molecule has 1 N–H and O–H groups in total. The van der Waals surface area contributed by atoms with Crippen LogP contribution in [0.2, 0.25) is 0 Å². The lowest BCUT2D eigenvalue weighted by Crippen LogP contribution is -2.15. The van der Waals surface area contributed by atoms with Crippen LogP contribution < -0.4 is 5.32 Å². The average molecular weight is 393 g/mol. The van der Waals surface area contributed by atoms with E-state index in [1.165, 1.54) is 35.7 Å². The van der Waals surface area contributed by atoms with Gasteiger partial charge in [-0.3, -0.25) is 4.79 Å². The molecule has 4 rings (SSSR count). The van der Waals surface area contributed by atoms with Gasteiger partial charge in [-0.25, -0.2) is 0 Å². The maximum Gasteiger partial charge on any atom is 0.234 e. The molecule has 0 unspecified atom stereocenters. The van der Waals surface area contributed by atoms with Gasteiger partial charge in [-0.1, -0.05) is 61.2 Å². The predicted octanol–water partition coefficient (Wildman–Crippen LogP) is 4.50. The minimum Gasteiger partial charge on any atom is -0.325 e. The summed E-state index contributed by atoms with van der Waals surface area (Å²) < 4.78 is 2.17. The molecule has 0 saturated heterocycles. The summed E-state index contributed by atoms with van der Waals surface area (Å²) in [7, 11) is 0. The van der Waals surface area contributed by atoms with Gasteiger partial charge >= 0.3 is 0 Å². The lowest BCUT2D eigenvalue weighted by Gasteiger charge is -2.10. The SMILES string of the molecule is CCc1cccc(NC(=O)CSc2nnc(C3CC3)n2Cc2ccccc2)c1. The molecule has 1 saturated carbocycles. The minimum atomic E-state index is -0.0273. The Labute approximate surface area is 169 Å². The third kappa shape index (κ3) is 4.62. The molecule has 1 heterocycles. The second-order valence-electron chi connectivity index (χ2n) is 7.08. The Morgan fingerprint density at radius 2 is 1.89 bits per heavy atom. The molecular formula is C22H24N4OS. The van der Waals surface area contributed by atoms with Crippen molar-refractivity contribution in [3.8, 4) is 0 Å². The normalized spacial score (nSPS) is 13.5. The lowest BCUT2D eigenvalue weighted by atomic mass is 10.1. The fourth-order valence-electron chi connectivity index (χ4n) is 3.16. The summed E-state index contributed by atoms with van der Waals surface area (Å²) in [6, 6.07) is 18.3. The number of hydrogen-bond acceptors (Lipinski definition) is 4. The Morgan fingerprint density at radius 1 is 1.11 bits per heavy atom. The highest BCUT2D eigenvalue weighted by Gasteiger charge is 2.30. The largest absolute Gasteiger partial charge is 0.325 e. The highest BCUT2D eigenvalue weighted by Crippen LogP contribution is 2.40. The third-order valence-corrected chi connectivity index (χ3v) is 5.79. The zero-order valence-electron chi connectivity index (χ0n) is 16.0. The molecule has 0 spiro atoms. The van der Waals surface area contributed by atoms with Crippen LogP contribution in [0.25, 0.3) is 0 Å². The number of aryl methyl sites for hydroxylation is 1. The van der Waals surface area contributed by atoms with Crippen molar-refractivity contribution in [3.63, 3.8) is 0 Å². The molecule has 1 aliphatic rings. The van der Waals surface area contributed by atoms with Crippen LogP contribution in [0.4, 0.5) is 5.69 Å². The van der Waals surface area contributed by atoms with Crippen molar-refractivity contribution in [2.45, 2.75) is 43.8 Å². The average Bonchev–Trinajstić information content (AvgIpc) is 3.49. The Kier molecular flexibility index (Phi) is 5.76. The first-order valence-electron chi connectivity index (χ1n) is 9.71. The lowest BCUT2D eigenvalue weighted by molar-refractivity contribution is -0.113. The van der Waals surface area contributed by atoms with Crippen LogP contribution in [-0.2, 0) is 17.8 Å². The van der Waals surface area contributed by atoms with Crippen molar-refractivity contribution < 1.29 is 4.79 Å². The number of amides is 1. The fraction of sp³-hybridized carbons (Fsp3) is 0.318. The zero-order chi connectivity index (χ0) is 19.3. The van der Waals surface area contributed by atoms with Crippen LogP contribution >= 0.6 is 11.8 Å². The number of anilines is 1. The minimum absolute atomic E-state index is 0.0273. The number of thioether (sulfide) groups is 1. The van der Waals surface area contributed by atoms with Crippen LogP contribution in [-0.4, -0.2) is 26.4 Å². The van der Waals surface area contributed by atoms with Gasteiger partial charge in [-0.15, -0.1) is 10.2 Å². The Bertz CT molecular complexity index is 950. The molecule has 0 aliphatic heterocycles. The van der Waals surface area contributed by atoms with Crippen molar-refractivity contribution in [3.05, 3.63) is 71.5 Å². The summed E-state index contributed by atoms with van der Waals surface area (Å²) in [5.41, 5.74) is 3.27. The van der Waals surface area contributed by atoms with E-state index in [-0.39, 0.29) is 5.91 Å². The number of hydrogen-bond donors (Lipinski definition) is 1. The summed E-state index contributed by atoms with van der Waals surface area (Å²) in [4.78, 5) is 12.4. The first kappa shape index (κ1) is 18.7. The molecular weight excluding hydrogens is 368 g/mol. The van der Waals surface area contributed by atoms with Crippen molar-refractivity contribution in [1.82, 2.24) is 14.8 Å². The summed E-state index contributed by atoms with van der Waals surface area (Å²) in [5.74, 6) is 1.84. The molecule has 0 bridgehead atoms. The zero-order valence-corrected chi connectivity index (χ0v) is 16.8. The number of carbonyl (C=O) groups is 1. The molecule has 1 aromatic heterocycles. The van der Waals surface area contributed by atoms with Crippen molar-refractivity contribution >= 4 is 23.4 Å². The highest BCUT2D eigenvalue weighted by molar-refractivity contribution is 7.99. The monoisotopic (exact) mass is 392 g/mol. The smallest absolute Gasteiger partial charge is 0.234 e. The van der Waals surface area contributed by atoms with Crippen molar-refractivity contribution in [2.24, 2.45) is 0 Å². The highest BCUT2D eigenvalue weighted by atomic mass is 32.2. The van der Waals surface area contributed by atoms with Gasteiger partial charge in [-0.05, 0) is 42.5 Å². The number of rotatable bonds is 8. The number of nitrogens with zero attached hydrogens (tertiary/aromatic N) is 3. The van der Waals surface area contributed by atoms with Crippen LogP contribution in [0.5, 0.6) is 0 Å². The maximum atomic E-state index is 12.4. The fourth-order valence-corrected chi connectivity index (χ4v) is 3.91. The van der Waals surface area contributed by atoms with Gasteiger partial charge in [-0.2, -0.15) is 0 Å². The quantitative estimate of drug-likeness (QED) is 0.574. The molecule has 144 valence electrons. The molecule has 1 fully saturated rings. The topological polar surface area (TPSA) is 59.8 Å². The summed E-state index contributed by atoms with van der Waals surface area (Å²) in [6.45, 7) is 2.84. The molecule has 2 aromatic carbocycles. The Morgan fingerprint density at radius 3 is 2.64 bits per heavy atom. The van der Waals surface area contributed by atoms with Crippen molar-refractivity contribution in [1.29, 1.82) is 0 Å². The molecule has 3 aromatic rings. The standard InChI is InChI=1S/C22H24N4OS/c1-2-16-9-6-10-19(13-16)23-20(27)15-28-22-25-24-21(18-11-12-18)26(22)14-17-7-4-3-5-8-17/h3-10,13,18H,2,11-12,14-15H2,1H3,(H,23,27). The van der Waals surface area contributed by atoms with E-state index in [9.17, 15) is 4.79 Å². The molecule has 28 heavy (non-hydrogen) atoms. The van der Waals surface area contributed by atoms with Crippen LogP contribution in [0, 0.1) is 0 Å². The molecule has 5 nitrogen and oxygen atoms in total. The van der Waals surface area contributed by atoms with Gasteiger partial charge in [0.25, 0.3) is 0 Å². The van der Waals surface area contributed by atoms with E-state index in [1.807, 2.05) is 36.4 Å². The Hall–Kier alpha value is -2.60. The number of carbonyl (C=O) groups excluding carboxylic acids is 1. The van der Waals surface area contributed by atoms with Gasteiger partial charge in [0.2, 0.25) is 5.91 Å². The van der Waals surface area contributed by atoms with Gasteiger partial charge in [0.05, 0.1) is 12.3 Å². The number of benzene rings is 2. The number of nitrogens with one attached hydrogen (secondary N) is 1. The van der Waals surface area contributed by atoms with Gasteiger partial charge < -0.3 is 9.88 Å². The first-order valence-corrected chi connectivity index (χ1v) is 10.7. The first-order chi connectivity index (χ1) is 13.7. The summed E-state index contributed by atoms with van der Waals surface area (Å²) in [5, 5.41) is 12.6. The second kappa shape index (κ2) is 8.61. The van der Waals surface area contributed by atoms with Crippen LogP contribution in [0.1, 0.15) is 42.6 Å². The summed E-state index contributed by atoms with van der Waals surface area (Å²) >= 11 is 1.45. The number of aromatic nitrogens is 3. The second-order valence-corrected chi connectivity index (χ2v) is 8.02. The molecule has 0 radical (unpaired) electrons. The van der Waals surface area contributed by atoms with Gasteiger partial charge in [0.1, 0.15) is 5.82 Å². The van der Waals surface area contributed by atoms with E-state index in [1.54, 1.807) is 0 Å². The molecule has 6 heteroatoms. The van der Waals surface area contributed by atoms with Crippen molar-refractivity contribution in [2.75, 3.05) is 11.1 Å². The van der Waals surface area contributed by atoms with E-state index < -0.39 is 0 Å². The van der Waals surface area contributed by atoms with Gasteiger partial charge in [0, 0.05) is 11.6 Å². The molecule has 1 amide bonds.